The Hall–Kier alpha value is -0.490. The van der Waals surface area contributed by atoms with Gasteiger partial charge in [-0.05, 0) is 0 Å². The zero-order valence-electron chi connectivity index (χ0n) is 5.33. The fourth-order valence-corrected chi connectivity index (χ4v) is 0.756. The molecular weight excluding hydrogens is 138 g/mol. The van der Waals surface area contributed by atoms with E-state index in [4.69, 9.17) is 10.2 Å². The van der Waals surface area contributed by atoms with Crippen molar-refractivity contribution in [1.29, 1.82) is 0 Å². The molecule has 0 aromatic carbocycles. The van der Waals surface area contributed by atoms with Gasteiger partial charge >= 0.3 is 0 Å². The molecule has 0 bridgehead atoms. The van der Waals surface area contributed by atoms with E-state index in [0.717, 1.165) is 0 Å². The highest BCUT2D eigenvalue weighted by molar-refractivity contribution is 5.86. The lowest BCUT2D eigenvalue weighted by molar-refractivity contribution is -0.197. The monoisotopic (exact) mass is 147 g/mol. The molecule has 0 saturated carbocycles. The number of carbonyl (C=O) groups is 1. The van der Waals surface area contributed by atoms with Crippen molar-refractivity contribution >= 4 is 5.78 Å². The Labute approximate surface area is 57.6 Å². The summed E-state index contributed by atoms with van der Waals surface area (Å²) in [5.74, 6) is -2.70. The lowest BCUT2D eigenvalue weighted by atomic mass is 10.3. The highest BCUT2D eigenvalue weighted by atomic mass is 16.7. The average Bonchev–Trinajstić information content (AvgIpc) is 2.36. The van der Waals surface area contributed by atoms with Crippen molar-refractivity contribution < 1.29 is 19.7 Å². The molecule has 0 aromatic heterocycles. The number of Topliss-reactive ketones (excluding diaryl/α,β-unsaturated/α-hetero) is 1. The van der Waals surface area contributed by atoms with Crippen LogP contribution in [0.3, 0.4) is 0 Å². The van der Waals surface area contributed by atoms with E-state index < -0.39 is 18.3 Å². The Morgan fingerprint density at radius 3 is 2.90 bits per heavy atom. The molecule has 0 spiro atoms. The van der Waals surface area contributed by atoms with E-state index in [1.807, 2.05) is 0 Å². The molecule has 5 nitrogen and oxygen atoms in total. The summed E-state index contributed by atoms with van der Waals surface area (Å²) in [6.07, 6.45) is 0. The van der Waals surface area contributed by atoms with Crippen molar-refractivity contribution in [1.82, 2.24) is 5.32 Å². The van der Waals surface area contributed by atoms with Gasteiger partial charge in [0.25, 0.3) is 5.91 Å². The minimum atomic E-state index is -1.94. The van der Waals surface area contributed by atoms with Crippen molar-refractivity contribution in [2.75, 3.05) is 19.8 Å². The molecule has 1 unspecified atom stereocenters. The number of ketones is 1. The van der Waals surface area contributed by atoms with Crippen LogP contribution < -0.4 is 5.32 Å². The summed E-state index contributed by atoms with van der Waals surface area (Å²) in [5, 5.41) is 19.9. The highest BCUT2D eigenvalue weighted by Gasteiger charge is 2.39. The molecule has 0 aliphatic carbocycles. The Morgan fingerprint density at radius 2 is 2.50 bits per heavy atom. The van der Waals surface area contributed by atoms with Crippen molar-refractivity contribution in [3.05, 3.63) is 0 Å². The van der Waals surface area contributed by atoms with E-state index >= 15 is 0 Å². The first kappa shape index (κ1) is 7.62. The summed E-state index contributed by atoms with van der Waals surface area (Å²) >= 11 is 0. The van der Waals surface area contributed by atoms with Crippen LogP contribution in [0.15, 0.2) is 0 Å². The SMILES string of the molecule is O=C(CO)C1(O)NCCO1. The van der Waals surface area contributed by atoms with Gasteiger partial charge in [-0.15, -0.1) is 0 Å². The van der Waals surface area contributed by atoms with E-state index in [2.05, 4.69) is 10.1 Å². The maximum atomic E-state index is 10.6. The minimum absolute atomic E-state index is 0.280. The van der Waals surface area contributed by atoms with Crippen molar-refractivity contribution in [2.45, 2.75) is 5.91 Å². The van der Waals surface area contributed by atoms with Gasteiger partial charge in [0.1, 0.15) is 6.61 Å². The second-order valence-corrected chi connectivity index (χ2v) is 2.00. The second kappa shape index (κ2) is 2.63. The quantitative estimate of drug-likeness (QED) is 0.413. The summed E-state index contributed by atoms with van der Waals surface area (Å²) < 4.78 is 4.63. The Bertz CT molecular complexity index is 141. The molecule has 1 fully saturated rings. The van der Waals surface area contributed by atoms with Crippen LogP contribution in [-0.4, -0.2) is 41.7 Å². The molecule has 58 valence electrons. The van der Waals surface area contributed by atoms with E-state index in [9.17, 15) is 4.79 Å². The van der Waals surface area contributed by atoms with Crippen molar-refractivity contribution in [3.63, 3.8) is 0 Å². The molecule has 0 amide bonds. The van der Waals surface area contributed by atoms with Crippen LogP contribution in [0.1, 0.15) is 0 Å². The third kappa shape index (κ3) is 1.17. The van der Waals surface area contributed by atoms with Crippen LogP contribution in [0.5, 0.6) is 0 Å². The third-order valence-electron chi connectivity index (χ3n) is 1.30. The normalized spacial score (nSPS) is 32.6. The first-order valence-electron chi connectivity index (χ1n) is 2.94. The van der Waals surface area contributed by atoms with Gasteiger partial charge in [0.2, 0.25) is 5.78 Å². The van der Waals surface area contributed by atoms with Gasteiger partial charge in [-0.25, -0.2) is 0 Å². The molecule has 1 saturated heterocycles. The Morgan fingerprint density at radius 1 is 1.80 bits per heavy atom. The number of nitrogens with one attached hydrogen (secondary N) is 1. The van der Waals surface area contributed by atoms with Crippen LogP contribution in [-0.2, 0) is 9.53 Å². The average molecular weight is 147 g/mol. The summed E-state index contributed by atoms with van der Waals surface area (Å²) in [7, 11) is 0. The summed E-state index contributed by atoms with van der Waals surface area (Å²) in [6, 6.07) is 0. The van der Waals surface area contributed by atoms with Gasteiger partial charge in [0, 0.05) is 6.54 Å². The van der Waals surface area contributed by atoms with Crippen LogP contribution in [0.25, 0.3) is 0 Å². The molecule has 5 heteroatoms. The number of carbonyl (C=O) groups excluding carboxylic acids is 1. The van der Waals surface area contributed by atoms with Crippen LogP contribution >= 0.6 is 0 Å². The fraction of sp³-hybridized carbons (Fsp3) is 0.800. The van der Waals surface area contributed by atoms with Gasteiger partial charge in [0.05, 0.1) is 6.61 Å². The minimum Gasteiger partial charge on any atom is -0.388 e. The summed E-state index contributed by atoms with van der Waals surface area (Å²) in [4.78, 5) is 10.6. The maximum Gasteiger partial charge on any atom is 0.290 e. The predicted octanol–water partition coefficient (Wildman–Crippen LogP) is -2.19. The molecule has 3 N–H and O–H groups in total. The predicted molar refractivity (Wildman–Crippen MR) is 31.0 cm³/mol. The Kier molecular flexibility index (Phi) is 2.00. The van der Waals surface area contributed by atoms with Crippen LogP contribution in [0.2, 0.25) is 0 Å². The van der Waals surface area contributed by atoms with Gasteiger partial charge in [-0.1, -0.05) is 0 Å². The van der Waals surface area contributed by atoms with Crippen LogP contribution in [0.4, 0.5) is 0 Å². The molecular formula is C5H9NO4. The zero-order chi connectivity index (χ0) is 7.61. The maximum absolute atomic E-state index is 10.6. The van der Waals surface area contributed by atoms with E-state index in [1.54, 1.807) is 0 Å². The smallest absolute Gasteiger partial charge is 0.290 e. The molecule has 1 atom stereocenters. The Balaban J connectivity index is 2.58. The number of aliphatic hydroxyl groups excluding tert-OH is 1. The number of ether oxygens (including phenoxy) is 1. The number of hydrogen-bond donors (Lipinski definition) is 3. The zero-order valence-corrected chi connectivity index (χ0v) is 5.33. The molecule has 1 aliphatic heterocycles. The summed E-state index contributed by atoms with van der Waals surface area (Å²) in [6.45, 7) is -0.0199. The molecule has 0 aromatic rings. The number of rotatable bonds is 2. The number of aliphatic hydroxyl groups is 2. The number of hydrogen-bond acceptors (Lipinski definition) is 5. The largest absolute Gasteiger partial charge is 0.388 e. The van der Waals surface area contributed by atoms with E-state index in [-0.39, 0.29) is 6.61 Å². The summed E-state index contributed by atoms with van der Waals surface area (Å²) in [5.41, 5.74) is 0. The van der Waals surface area contributed by atoms with Gasteiger partial charge in [0.15, 0.2) is 0 Å². The molecule has 1 aliphatic rings. The second-order valence-electron chi connectivity index (χ2n) is 2.00. The van der Waals surface area contributed by atoms with Gasteiger partial charge < -0.3 is 14.9 Å². The first-order chi connectivity index (χ1) is 4.69. The topological polar surface area (TPSA) is 78.8 Å². The van der Waals surface area contributed by atoms with Crippen molar-refractivity contribution in [3.8, 4) is 0 Å². The standard InChI is InChI=1S/C5H9NO4/c7-3-4(8)5(9)6-1-2-10-5/h6-7,9H,1-3H2. The van der Waals surface area contributed by atoms with E-state index in [0.29, 0.717) is 6.54 Å². The highest BCUT2D eigenvalue weighted by Crippen LogP contribution is 2.08. The van der Waals surface area contributed by atoms with E-state index in [1.165, 1.54) is 0 Å². The van der Waals surface area contributed by atoms with Gasteiger partial charge in [-0.3, -0.25) is 10.1 Å². The lowest BCUT2D eigenvalue weighted by Crippen LogP contribution is -2.50. The van der Waals surface area contributed by atoms with Crippen molar-refractivity contribution in [2.24, 2.45) is 0 Å². The van der Waals surface area contributed by atoms with Crippen LogP contribution in [0, 0.1) is 0 Å². The first-order valence-corrected chi connectivity index (χ1v) is 2.94. The van der Waals surface area contributed by atoms with Gasteiger partial charge in [-0.2, -0.15) is 0 Å². The lowest BCUT2D eigenvalue weighted by Gasteiger charge is -2.17. The molecule has 1 heterocycles. The fourth-order valence-electron chi connectivity index (χ4n) is 0.756. The molecule has 0 radical (unpaired) electrons. The molecule has 10 heavy (non-hydrogen) atoms. The molecule has 1 rings (SSSR count). The third-order valence-corrected chi connectivity index (χ3v) is 1.30.